The third-order valence-corrected chi connectivity index (χ3v) is 7.73. The van der Waals surface area contributed by atoms with E-state index >= 15 is 0 Å². The molecule has 194 valence electrons. The van der Waals surface area contributed by atoms with Crippen LogP contribution in [0.1, 0.15) is 41.5 Å². The quantitative estimate of drug-likeness (QED) is 0.292. The van der Waals surface area contributed by atoms with Gasteiger partial charge in [-0.1, -0.05) is 78.3 Å². The third-order valence-electron chi connectivity index (χ3n) is 7.48. The van der Waals surface area contributed by atoms with Crippen LogP contribution in [0, 0.1) is 5.82 Å². The van der Waals surface area contributed by atoms with Gasteiger partial charge in [0.05, 0.1) is 23.8 Å². The molecule has 39 heavy (non-hydrogen) atoms. The SMILES string of the molecule is O=C1C[C@@H](c2ccc(Cl)cc2)CC2=C1[C@H](c1ccc(F)cc1)N(C(=O)Cc1ccccc1)c1ccccc1N2. The van der Waals surface area contributed by atoms with Gasteiger partial charge in [-0.25, -0.2) is 4.39 Å². The van der Waals surface area contributed by atoms with E-state index in [2.05, 4.69) is 5.32 Å². The van der Waals surface area contributed by atoms with E-state index in [0.717, 1.165) is 22.5 Å². The van der Waals surface area contributed by atoms with Crippen molar-refractivity contribution < 1.29 is 14.0 Å². The lowest BCUT2D eigenvalue weighted by atomic mass is 9.78. The number of allylic oxidation sites excluding steroid dienone is 1. The van der Waals surface area contributed by atoms with E-state index in [1.54, 1.807) is 17.0 Å². The number of anilines is 2. The molecule has 1 amide bonds. The number of fused-ring (bicyclic) bond motifs is 1. The van der Waals surface area contributed by atoms with Crippen molar-refractivity contribution in [2.24, 2.45) is 0 Å². The van der Waals surface area contributed by atoms with Crippen molar-refractivity contribution in [1.82, 2.24) is 0 Å². The number of rotatable bonds is 4. The average molecular weight is 537 g/mol. The van der Waals surface area contributed by atoms with Crippen LogP contribution < -0.4 is 10.2 Å². The second-order valence-corrected chi connectivity index (χ2v) is 10.4. The topological polar surface area (TPSA) is 49.4 Å². The average Bonchev–Trinajstić information content (AvgIpc) is 3.09. The van der Waals surface area contributed by atoms with Gasteiger partial charge in [0.2, 0.25) is 5.91 Å². The number of ketones is 1. The predicted octanol–water partition coefficient (Wildman–Crippen LogP) is 7.62. The number of hydrogen-bond acceptors (Lipinski definition) is 3. The molecule has 1 aliphatic heterocycles. The zero-order valence-electron chi connectivity index (χ0n) is 21.1. The van der Waals surface area contributed by atoms with Gasteiger partial charge in [-0.3, -0.25) is 14.5 Å². The third kappa shape index (κ3) is 4.98. The molecule has 0 saturated heterocycles. The normalized spacial score (nSPS) is 18.6. The van der Waals surface area contributed by atoms with E-state index in [1.165, 1.54) is 12.1 Å². The summed E-state index contributed by atoms with van der Waals surface area (Å²) in [5.74, 6) is -0.594. The van der Waals surface area contributed by atoms with Gasteiger partial charge in [0.15, 0.2) is 5.78 Å². The maximum absolute atomic E-state index is 14.1. The number of benzene rings is 4. The van der Waals surface area contributed by atoms with Crippen molar-refractivity contribution in [3.8, 4) is 0 Å². The fourth-order valence-corrected chi connectivity index (χ4v) is 5.78. The fraction of sp³-hybridized carbons (Fsp3) is 0.152. The lowest BCUT2D eigenvalue weighted by Crippen LogP contribution is -2.39. The van der Waals surface area contributed by atoms with Crippen molar-refractivity contribution in [2.75, 3.05) is 10.2 Å². The number of nitrogens with one attached hydrogen (secondary N) is 1. The van der Waals surface area contributed by atoms with Crippen molar-refractivity contribution in [3.05, 3.63) is 142 Å². The lowest BCUT2D eigenvalue weighted by Gasteiger charge is -2.35. The van der Waals surface area contributed by atoms with E-state index in [1.807, 2.05) is 78.9 Å². The predicted molar refractivity (Wildman–Crippen MR) is 152 cm³/mol. The van der Waals surface area contributed by atoms with E-state index in [0.29, 0.717) is 34.7 Å². The highest BCUT2D eigenvalue weighted by Crippen LogP contribution is 2.47. The Morgan fingerprint density at radius 2 is 1.51 bits per heavy atom. The monoisotopic (exact) mass is 536 g/mol. The molecular weight excluding hydrogens is 511 g/mol. The van der Waals surface area contributed by atoms with Crippen LogP contribution in [-0.2, 0) is 16.0 Å². The Labute approximate surface area is 231 Å². The maximum atomic E-state index is 14.1. The van der Waals surface area contributed by atoms with Crippen LogP contribution in [0.3, 0.4) is 0 Å². The van der Waals surface area contributed by atoms with E-state index < -0.39 is 6.04 Å². The van der Waals surface area contributed by atoms with Gasteiger partial charge in [-0.2, -0.15) is 0 Å². The molecule has 4 nitrogen and oxygen atoms in total. The number of amides is 1. The number of halogens is 2. The highest BCUT2D eigenvalue weighted by Gasteiger charge is 2.41. The van der Waals surface area contributed by atoms with Gasteiger partial charge < -0.3 is 5.32 Å². The summed E-state index contributed by atoms with van der Waals surface area (Å²) in [6.45, 7) is 0. The number of carbonyl (C=O) groups excluding carboxylic acids is 2. The standard InChI is InChI=1S/C33H26ClFN2O2/c34-25-14-10-22(11-15-25)24-19-28-32(30(38)20-24)33(23-12-16-26(35)17-13-23)37(29-9-5-4-8-27(29)36-28)31(39)18-21-6-2-1-3-7-21/h1-17,24,33,36H,18-20H2/t24-,33-/m0/s1. The molecule has 0 spiro atoms. The molecule has 4 aromatic carbocycles. The molecule has 6 rings (SSSR count). The van der Waals surface area contributed by atoms with Crippen molar-refractivity contribution in [1.29, 1.82) is 0 Å². The zero-order chi connectivity index (χ0) is 26.9. The largest absolute Gasteiger partial charge is 0.357 e. The number of para-hydroxylation sites is 2. The molecule has 2 aliphatic rings. The number of carbonyl (C=O) groups is 2. The molecule has 2 atom stereocenters. The summed E-state index contributed by atoms with van der Waals surface area (Å²) in [4.78, 5) is 29.8. The Kier molecular flexibility index (Phi) is 6.76. The molecule has 0 bridgehead atoms. The Balaban J connectivity index is 1.51. The van der Waals surface area contributed by atoms with Crippen molar-refractivity contribution in [3.63, 3.8) is 0 Å². The van der Waals surface area contributed by atoms with Crippen molar-refractivity contribution in [2.45, 2.75) is 31.2 Å². The number of hydrogen-bond donors (Lipinski definition) is 1. The first-order valence-corrected chi connectivity index (χ1v) is 13.3. The molecule has 1 N–H and O–H groups in total. The highest BCUT2D eigenvalue weighted by molar-refractivity contribution is 6.30. The van der Waals surface area contributed by atoms with Gasteiger partial charge in [0.1, 0.15) is 5.82 Å². The van der Waals surface area contributed by atoms with Crippen LogP contribution in [0.2, 0.25) is 5.02 Å². The maximum Gasteiger partial charge on any atom is 0.232 e. The zero-order valence-corrected chi connectivity index (χ0v) is 21.9. The summed E-state index contributed by atoms with van der Waals surface area (Å²) >= 11 is 6.12. The number of Topliss-reactive ketones (excluding diaryl/α,β-unsaturated/α-hetero) is 1. The van der Waals surface area contributed by atoms with E-state index in [-0.39, 0.29) is 29.8 Å². The lowest BCUT2D eigenvalue weighted by molar-refractivity contribution is -0.118. The molecule has 1 heterocycles. The summed E-state index contributed by atoms with van der Waals surface area (Å²) < 4.78 is 14.0. The fourth-order valence-electron chi connectivity index (χ4n) is 5.65. The molecule has 0 fully saturated rings. The minimum absolute atomic E-state index is 0.0337. The van der Waals surface area contributed by atoms with Crippen LogP contribution in [0.25, 0.3) is 0 Å². The molecule has 1 aliphatic carbocycles. The first kappa shape index (κ1) is 25.1. The Hall–Kier alpha value is -4.22. The molecular formula is C33H26ClFN2O2. The van der Waals surface area contributed by atoms with Crippen LogP contribution in [0.4, 0.5) is 15.8 Å². The van der Waals surface area contributed by atoms with Gasteiger partial charge >= 0.3 is 0 Å². The molecule has 0 aromatic heterocycles. The summed E-state index contributed by atoms with van der Waals surface area (Å²) in [6.07, 6.45) is 1.06. The summed E-state index contributed by atoms with van der Waals surface area (Å²) in [7, 11) is 0. The molecule has 0 radical (unpaired) electrons. The first-order valence-electron chi connectivity index (χ1n) is 13.0. The van der Waals surface area contributed by atoms with Crippen LogP contribution in [0.15, 0.2) is 114 Å². The van der Waals surface area contributed by atoms with E-state index in [4.69, 9.17) is 11.6 Å². The van der Waals surface area contributed by atoms with Gasteiger partial charge in [0.25, 0.3) is 0 Å². The van der Waals surface area contributed by atoms with Crippen LogP contribution in [0.5, 0.6) is 0 Å². The first-order chi connectivity index (χ1) is 19.0. The molecule has 6 heteroatoms. The molecule has 0 unspecified atom stereocenters. The molecule has 4 aromatic rings. The Morgan fingerprint density at radius 3 is 2.26 bits per heavy atom. The van der Waals surface area contributed by atoms with Crippen LogP contribution >= 0.6 is 11.6 Å². The Morgan fingerprint density at radius 1 is 0.846 bits per heavy atom. The van der Waals surface area contributed by atoms with E-state index in [9.17, 15) is 14.0 Å². The van der Waals surface area contributed by atoms with Crippen molar-refractivity contribution >= 4 is 34.7 Å². The van der Waals surface area contributed by atoms with Crippen LogP contribution in [-0.4, -0.2) is 11.7 Å². The van der Waals surface area contributed by atoms with Gasteiger partial charge in [-0.15, -0.1) is 0 Å². The summed E-state index contributed by atoms with van der Waals surface area (Å²) in [6, 6.07) is 30.1. The summed E-state index contributed by atoms with van der Waals surface area (Å²) in [5, 5.41) is 4.17. The Bertz CT molecular complexity index is 1570. The minimum Gasteiger partial charge on any atom is -0.357 e. The van der Waals surface area contributed by atoms with Gasteiger partial charge in [-0.05, 0) is 65.4 Å². The van der Waals surface area contributed by atoms with Gasteiger partial charge in [0, 0.05) is 22.7 Å². The minimum atomic E-state index is -0.702. The molecule has 0 saturated carbocycles. The number of nitrogens with zero attached hydrogens (tertiary/aromatic N) is 1. The summed E-state index contributed by atoms with van der Waals surface area (Å²) in [5.41, 5.74) is 5.35. The highest BCUT2D eigenvalue weighted by atomic mass is 35.5. The second kappa shape index (κ2) is 10.5. The second-order valence-electron chi connectivity index (χ2n) is 9.99. The smallest absolute Gasteiger partial charge is 0.232 e.